The van der Waals surface area contributed by atoms with E-state index in [9.17, 15) is 14.0 Å². The van der Waals surface area contributed by atoms with Gasteiger partial charge in [-0.2, -0.15) is 0 Å². The largest absolute Gasteiger partial charge is 0.488 e. The van der Waals surface area contributed by atoms with E-state index in [0.29, 0.717) is 5.75 Å². The third-order valence-electron chi connectivity index (χ3n) is 4.18. The Morgan fingerprint density at radius 3 is 2.28 bits per heavy atom. The maximum Gasteiger partial charge on any atom is 0.258 e. The topological polar surface area (TPSA) is 76.7 Å². The fraction of sp³-hybridized carbons (Fsp3) is 0.364. The van der Waals surface area contributed by atoms with Crippen LogP contribution in [-0.2, 0) is 9.59 Å². The van der Waals surface area contributed by atoms with Gasteiger partial charge in [0.25, 0.3) is 5.91 Å². The van der Waals surface area contributed by atoms with Crippen LogP contribution in [0.5, 0.6) is 11.5 Å². The van der Waals surface area contributed by atoms with Crippen molar-refractivity contribution in [1.29, 1.82) is 0 Å². The summed E-state index contributed by atoms with van der Waals surface area (Å²) in [6.07, 6.45) is 0. The van der Waals surface area contributed by atoms with Crippen LogP contribution in [0.15, 0.2) is 54.6 Å². The van der Waals surface area contributed by atoms with E-state index >= 15 is 0 Å². The molecule has 156 valence electrons. The summed E-state index contributed by atoms with van der Waals surface area (Å²) < 4.78 is 24.6. The summed E-state index contributed by atoms with van der Waals surface area (Å²) in [5, 5.41) is 5.35. The predicted molar refractivity (Wildman–Crippen MR) is 108 cm³/mol. The van der Waals surface area contributed by atoms with Crippen LogP contribution in [0.3, 0.4) is 0 Å². The Morgan fingerprint density at radius 2 is 1.62 bits per heavy atom. The fourth-order valence-corrected chi connectivity index (χ4v) is 2.38. The lowest BCUT2D eigenvalue weighted by Crippen LogP contribution is -2.50. The summed E-state index contributed by atoms with van der Waals surface area (Å²) in [7, 11) is 0. The number of ether oxygens (including phenoxy) is 2. The molecule has 0 aliphatic rings. The smallest absolute Gasteiger partial charge is 0.258 e. The molecular weight excluding hydrogens is 375 g/mol. The highest BCUT2D eigenvalue weighted by Gasteiger charge is 2.27. The maximum atomic E-state index is 13.7. The average Bonchev–Trinajstić information content (AvgIpc) is 2.69. The summed E-state index contributed by atoms with van der Waals surface area (Å²) in [6.45, 7) is 5.54. The molecule has 0 aliphatic heterocycles. The van der Waals surface area contributed by atoms with E-state index < -0.39 is 11.7 Å². The van der Waals surface area contributed by atoms with Gasteiger partial charge < -0.3 is 20.1 Å². The van der Waals surface area contributed by atoms with Gasteiger partial charge in [-0.25, -0.2) is 4.39 Å². The summed E-state index contributed by atoms with van der Waals surface area (Å²) in [5.41, 5.74) is -0.332. The third kappa shape index (κ3) is 7.81. The molecule has 0 heterocycles. The number of hydrogen-bond donors (Lipinski definition) is 2. The number of rotatable bonds is 9. The summed E-state index contributed by atoms with van der Waals surface area (Å²) in [4.78, 5) is 24.1. The zero-order valence-electron chi connectivity index (χ0n) is 16.9. The van der Waals surface area contributed by atoms with Crippen LogP contribution in [0.4, 0.5) is 4.39 Å². The van der Waals surface area contributed by atoms with Gasteiger partial charge in [-0.1, -0.05) is 51.1 Å². The van der Waals surface area contributed by atoms with Crippen molar-refractivity contribution >= 4 is 11.8 Å². The van der Waals surface area contributed by atoms with E-state index in [1.807, 2.05) is 26.8 Å². The second kappa shape index (κ2) is 10.5. The molecule has 0 spiro atoms. The van der Waals surface area contributed by atoms with E-state index in [-0.39, 0.29) is 42.9 Å². The molecule has 0 aliphatic carbocycles. The van der Waals surface area contributed by atoms with Crippen molar-refractivity contribution in [2.24, 2.45) is 5.41 Å². The number of amides is 2. The monoisotopic (exact) mass is 402 g/mol. The van der Waals surface area contributed by atoms with Gasteiger partial charge in [-0.05, 0) is 29.7 Å². The molecule has 0 saturated carbocycles. The lowest BCUT2D eigenvalue weighted by atomic mass is 9.87. The molecule has 2 aromatic carbocycles. The predicted octanol–water partition coefficient (Wildman–Crippen LogP) is 2.93. The lowest BCUT2D eigenvalue weighted by molar-refractivity contribution is -0.128. The molecule has 0 radical (unpaired) electrons. The van der Waals surface area contributed by atoms with Gasteiger partial charge in [0.1, 0.15) is 12.4 Å². The Hall–Kier alpha value is -3.09. The third-order valence-corrected chi connectivity index (χ3v) is 4.18. The molecule has 0 aromatic heterocycles. The quantitative estimate of drug-likeness (QED) is 0.676. The van der Waals surface area contributed by atoms with Gasteiger partial charge >= 0.3 is 0 Å². The molecule has 29 heavy (non-hydrogen) atoms. The number of carbonyl (C=O) groups is 2. The van der Waals surface area contributed by atoms with Crippen molar-refractivity contribution < 1.29 is 23.5 Å². The zero-order chi connectivity index (χ0) is 21.3. The minimum Gasteiger partial charge on any atom is -0.488 e. The number of nitrogens with one attached hydrogen (secondary N) is 2. The molecule has 2 N–H and O–H groups in total. The molecule has 7 heteroatoms. The summed E-state index contributed by atoms with van der Waals surface area (Å²) in [5.74, 6) is -0.529. The van der Waals surface area contributed by atoms with Crippen molar-refractivity contribution in [3.05, 3.63) is 60.4 Å². The Balaban J connectivity index is 1.80. The van der Waals surface area contributed by atoms with E-state index in [1.165, 1.54) is 12.1 Å². The van der Waals surface area contributed by atoms with Crippen LogP contribution in [0.2, 0.25) is 0 Å². The highest BCUT2D eigenvalue weighted by Crippen LogP contribution is 2.22. The summed E-state index contributed by atoms with van der Waals surface area (Å²) >= 11 is 0. The van der Waals surface area contributed by atoms with E-state index in [2.05, 4.69) is 10.6 Å². The van der Waals surface area contributed by atoms with Crippen LogP contribution in [0.1, 0.15) is 20.8 Å². The molecule has 2 amide bonds. The van der Waals surface area contributed by atoms with E-state index in [4.69, 9.17) is 9.47 Å². The van der Waals surface area contributed by atoms with Gasteiger partial charge in [-0.15, -0.1) is 0 Å². The SMILES string of the molecule is CC(C)(C)C(COc1ccccc1F)NC(=O)CNC(=O)COc1ccccc1. The Kier molecular flexibility index (Phi) is 8.00. The first-order valence-electron chi connectivity index (χ1n) is 9.37. The minimum absolute atomic E-state index is 0.0985. The molecule has 0 saturated heterocycles. The van der Waals surface area contributed by atoms with E-state index in [0.717, 1.165) is 0 Å². The van der Waals surface area contributed by atoms with Crippen molar-refractivity contribution in [3.63, 3.8) is 0 Å². The normalized spacial score (nSPS) is 12.0. The van der Waals surface area contributed by atoms with Crippen molar-refractivity contribution in [1.82, 2.24) is 10.6 Å². The molecule has 1 atom stereocenters. The highest BCUT2D eigenvalue weighted by atomic mass is 19.1. The van der Waals surface area contributed by atoms with Gasteiger partial charge in [0.05, 0.1) is 12.6 Å². The van der Waals surface area contributed by atoms with Gasteiger partial charge in [0, 0.05) is 0 Å². The standard InChI is InChI=1S/C22H27FN2O4/c1-22(2,3)19(14-29-18-12-8-7-11-17(18)23)25-20(26)13-24-21(27)15-28-16-9-5-4-6-10-16/h4-12,19H,13-15H2,1-3H3,(H,24,27)(H,25,26). The number of carbonyl (C=O) groups excluding carboxylic acids is 2. The number of benzene rings is 2. The van der Waals surface area contributed by atoms with Gasteiger partial charge in [0.2, 0.25) is 5.91 Å². The zero-order valence-corrected chi connectivity index (χ0v) is 16.9. The second-order valence-electron chi connectivity index (χ2n) is 7.61. The molecular formula is C22H27FN2O4. The van der Waals surface area contributed by atoms with Crippen molar-refractivity contribution in [3.8, 4) is 11.5 Å². The Morgan fingerprint density at radius 1 is 0.966 bits per heavy atom. The molecule has 2 rings (SSSR count). The first kappa shape index (κ1) is 22.2. The van der Waals surface area contributed by atoms with Crippen LogP contribution in [-0.4, -0.2) is 37.6 Å². The maximum absolute atomic E-state index is 13.7. The van der Waals surface area contributed by atoms with Crippen LogP contribution < -0.4 is 20.1 Å². The molecule has 0 fully saturated rings. The highest BCUT2D eigenvalue weighted by molar-refractivity contribution is 5.85. The van der Waals surface area contributed by atoms with Crippen molar-refractivity contribution in [2.75, 3.05) is 19.8 Å². The lowest BCUT2D eigenvalue weighted by Gasteiger charge is -2.31. The molecule has 0 bridgehead atoms. The number of hydrogen-bond acceptors (Lipinski definition) is 4. The first-order chi connectivity index (χ1) is 13.8. The van der Waals surface area contributed by atoms with Gasteiger partial charge in [0.15, 0.2) is 18.2 Å². The molecule has 1 unspecified atom stereocenters. The van der Waals surface area contributed by atoms with Crippen molar-refractivity contribution in [2.45, 2.75) is 26.8 Å². The summed E-state index contributed by atoms with van der Waals surface area (Å²) in [6, 6.07) is 14.6. The van der Waals surface area contributed by atoms with Gasteiger partial charge in [-0.3, -0.25) is 9.59 Å². The van der Waals surface area contributed by atoms with Crippen LogP contribution >= 0.6 is 0 Å². The first-order valence-corrected chi connectivity index (χ1v) is 9.37. The van der Waals surface area contributed by atoms with Crippen LogP contribution in [0.25, 0.3) is 0 Å². The number of halogens is 1. The Bertz CT molecular complexity index is 806. The number of para-hydroxylation sites is 2. The second-order valence-corrected chi connectivity index (χ2v) is 7.61. The minimum atomic E-state index is -0.461. The fourth-order valence-electron chi connectivity index (χ4n) is 2.38. The van der Waals surface area contributed by atoms with Crippen LogP contribution in [0, 0.1) is 11.2 Å². The Labute approximate surface area is 170 Å². The molecule has 2 aromatic rings. The van der Waals surface area contributed by atoms with E-state index in [1.54, 1.807) is 36.4 Å². The average molecular weight is 402 g/mol. The molecule has 6 nitrogen and oxygen atoms in total.